The lowest BCUT2D eigenvalue weighted by Crippen LogP contribution is -1.98. The predicted octanol–water partition coefficient (Wildman–Crippen LogP) is 4.60. The Morgan fingerprint density at radius 3 is 2.55 bits per heavy atom. The largest absolute Gasteiger partial charge is 0.329 e. The average molecular weight is 298 g/mol. The molecule has 0 bridgehead atoms. The van der Waals surface area contributed by atoms with Crippen molar-refractivity contribution in [3.63, 3.8) is 0 Å². The average Bonchev–Trinajstić information content (AvgIpc) is 2.81. The Balaban J connectivity index is 1.99. The van der Waals surface area contributed by atoms with E-state index in [1.165, 1.54) is 18.2 Å². The lowest BCUT2D eigenvalue weighted by molar-refractivity contribution is 0.449. The highest BCUT2D eigenvalue weighted by atomic mass is 32.1. The number of anilines is 2. The van der Waals surface area contributed by atoms with E-state index in [-0.39, 0.29) is 10.8 Å². The van der Waals surface area contributed by atoms with Crippen LogP contribution < -0.4 is 5.32 Å². The molecule has 0 atom stereocenters. The van der Waals surface area contributed by atoms with E-state index in [4.69, 9.17) is 0 Å². The van der Waals surface area contributed by atoms with Gasteiger partial charge >= 0.3 is 0 Å². The molecule has 2 aromatic carbocycles. The highest BCUT2D eigenvalue weighted by Gasteiger charge is 2.14. The van der Waals surface area contributed by atoms with Crippen molar-refractivity contribution in [1.82, 2.24) is 4.98 Å². The minimum Gasteiger partial charge on any atom is -0.329 e. The number of rotatable bonds is 2. The first kappa shape index (κ1) is 12.9. The molecule has 1 N–H and O–H groups in total. The monoisotopic (exact) mass is 298 g/mol. The Morgan fingerprint density at radius 2 is 1.75 bits per heavy atom. The van der Waals surface area contributed by atoms with Crippen LogP contribution in [0.1, 0.15) is 0 Å². The number of nitrogens with zero attached hydrogens (tertiary/aromatic N) is 1. The van der Waals surface area contributed by atoms with Crippen LogP contribution in [0.5, 0.6) is 0 Å². The summed E-state index contributed by atoms with van der Waals surface area (Å²) in [4.78, 5) is 4.10. The normalized spacial score (nSPS) is 11.0. The van der Waals surface area contributed by atoms with Gasteiger partial charge in [0.1, 0.15) is 5.82 Å². The number of nitrogens with one attached hydrogen (secondary N) is 1. The standard InChI is InChI=1S/C13H6F4N2S/c14-6-1-3-8-10(5-6)20-13(18-8)19-9-4-2-7(15)11(16)12(9)17/h1-5H,(H,18,19). The first-order valence-corrected chi connectivity index (χ1v) is 6.33. The molecule has 0 aliphatic heterocycles. The summed E-state index contributed by atoms with van der Waals surface area (Å²) in [5.41, 5.74) is 0.297. The third-order valence-electron chi connectivity index (χ3n) is 2.63. The molecule has 0 aliphatic rings. The number of aromatic nitrogens is 1. The summed E-state index contributed by atoms with van der Waals surface area (Å²) in [7, 11) is 0. The maximum atomic E-state index is 13.5. The van der Waals surface area contributed by atoms with Gasteiger partial charge in [0, 0.05) is 0 Å². The van der Waals surface area contributed by atoms with E-state index in [0.29, 0.717) is 10.2 Å². The second kappa shape index (κ2) is 4.75. The quantitative estimate of drug-likeness (QED) is 0.552. The summed E-state index contributed by atoms with van der Waals surface area (Å²) in [5.74, 6) is -4.55. The molecule has 0 spiro atoms. The van der Waals surface area contributed by atoms with Gasteiger partial charge in [0.2, 0.25) is 0 Å². The number of hydrogen-bond acceptors (Lipinski definition) is 3. The van der Waals surface area contributed by atoms with E-state index >= 15 is 0 Å². The molecule has 0 aliphatic carbocycles. The third-order valence-corrected chi connectivity index (χ3v) is 3.56. The Labute approximate surface area is 114 Å². The minimum atomic E-state index is -1.55. The molecule has 2 nitrogen and oxygen atoms in total. The lowest BCUT2D eigenvalue weighted by Gasteiger charge is -2.04. The van der Waals surface area contributed by atoms with Crippen LogP contribution in [0, 0.1) is 23.3 Å². The number of halogens is 4. The predicted molar refractivity (Wildman–Crippen MR) is 69.2 cm³/mol. The molecule has 1 heterocycles. The molecule has 7 heteroatoms. The zero-order chi connectivity index (χ0) is 14.3. The fourth-order valence-corrected chi connectivity index (χ4v) is 2.59. The van der Waals surface area contributed by atoms with Crippen molar-refractivity contribution in [3.8, 4) is 0 Å². The highest BCUT2D eigenvalue weighted by molar-refractivity contribution is 7.22. The molecule has 20 heavy (non-hydrogen) atoms. The smallest absolute Gasteiger partial charge is 0.196 e. The highest BCUT2D eigenvalue weighted by Crippen LogP contribution is 2.30. The topological polar surface area (TPSA) is 24.9 Å². The van der Waals surface area contributed by atoms with Crippen molar-refractivity contribution in [2.24, 2.45) is 0 Å². The van der Waals surface area contributed by atoms with Gasteiger partial charge in [-0.2, -0.15) is 0 Å². The van der Waals surface area contributed by atoms with E-state index in [0.717, 1.165) is 23.5 Å². The van der Waals surface area contributed by atoms with Gasteiger partial charge in [-0.1, -0.05) is 11.3 Å². The van der Waals surface area contributed by atoms with Crippen LogP contribution in [-0.2, 0) is 0 Å². The summed E-state index contributed by atoms with van der Waals surface area (Å²) in [6.45, 7) is 0. The van der Waals surface area contributed by atoms with Gasteiger partial charge in [0.15, 0.2) is 22.6 Å². The third kappa shape index (κ3) is 2.20. The maximum Gasteiger partial charge on any atom is 0.196 e. The van der Waals surface area contributed by atoms with Crippen LogP contribution in [0.4, 0.5) is 28.4 Å². The Kier molecular flexibility index (Phi) is 3.06. The van der Waals surface area contributed by atoms with Crippen LogP contribution in [0.15, 0.2) is 30.3 Å². The van der Waals surface area contributed by atoms with E-state index in [1.807, 2.05) is 0 Å². The number of fused-ring (bicyclic) bond motifs is 1. The van der Waals surface area contributed by atoms with Crippen molar-refractivity contribution in [2.45, 2.75) is 0 Å². The minimum absolute atomic E-state index is 0.233. The van der Waals surface area contributed by atoms with Crippen LogP contribution in [-0.4, -0.2) is 4.98 Å². The second-order valence-electron chi connectivity index (χ2n) is 3.98. The zero-order valence-corrected chi connectivity index (χ0v) is 10.6. The Hall–Kier alpha value is -2.15. The van der Waals surface area contributed by atoms with Crippen LogP contribution in [0.3, 0.4) is 0 Å². The first-order valence-electron chi connectivity index (χ1n) is 5.51. The van der Waals surface area contributed by atoms with Gasteiger partial charge in [-0.05, 0) is 30.3 Å². The van der Waals surface area contributed by atoms with Crippen LogP contribution in [0.25, 0.3) is 10.2 Å². The van der Waals surface area contributed by atoms with E-state index in [2.05, 4.69) is 10.3 Å². The van der Waals surface area contributed by atoms with Crippen molar-refractivity contribution in [3.05, 3.63) is 53.6 Å². The van der Waals surface area contributed by atoms with Gasteiger partial charge in [0.25, 0.3) is 0 Å². The molecular weight excluding hydrogens is 292 g/mol. The summed E-state index contributed by atoms with van der Waals surface area (Å²) >= 11 is 1.08. The number of thiazole rings is 1. The van der Waals surface area contributed by atoms with Gasteiger partial charge < -0.3 is 5.32 Å². The van der Waals surface area contributed by atoms with Gasteiger partial charge in [-0.15, -0.1) is 0 Å². The molecule has 0 unspecified atom stereocenters. The summed E-state index contributed by atoms with van der Waals surface area (Å²) in [6.07, 6.45) is 0. The SMILES string of the molecule is Fc1ccc2nc(Nc3ccc(F)c(F)c3F)sc2c1. The van der Waals surface area contributed by atoms with Crippen molar-refractivity contribution in [2.75, 3.05) is 5.32 Å². The molecule has 102 valence electrons. The second-order valence-corrected chi connectivity index (χ2v) is 5.01. The van der Waals surface area contributed by atoms with Crippen molar-refractivity contribution < 1.29 is 17.6 Å². The molecule has 0 saturated carbocycles. The van der Waals surface area contributed by atoms with Gasteiger partial charge in [-0.25, -0.2) is 22.5 Å². The van der Waals surface area contributed by atoms with E-state index in [1.54, 1.807) is 0 Å². The van der Waals surface area contributed by atoms with Crippen molar-refractivity contribution >= 4 is 32.4 Å². The van der Waals surface area contributed by atoms with E-state index in [9.17, 15) is 17.6 Å². The summed E-state index contributed by atoms with van der Waals surface area (Å²) < 4.78 is 53.0. The van der Waals surface area contributed by atoms with Gasteiger partial charge in [0.05, 0.1) is 15.9 Å². The number of benzene rings is 2. The fraction of sp³-hybridized carbons (Fsp3) is 0. The van der Waals surface area contributed by atoms with Gasteiger partial charge in [-0.3, -0.25) is 0 Å². The molecule has 0 radical (unpaired) electrons. The van der Waals surface area contributed by atoms with Crippen LogP contribution >= 0.6 is 11.3 Å². The fourth-order valence-electron chi connectivity index (χ4n) is 1.69. The first-order chi connectivity index (χ1) is 9.54. The molecule has 3 aromatic rings. The van der Waals surface area contributed by atoms with E-state index < -0.39 is 23.3 Å². The molecule has 1 aromatic heterocycles. The van der Waals surface area contributed by atoms with Crippen LogP contribution in [0.2, 0.25) is 0 Å². The number of hydrogen-bond donors (Lipinski definition) is 1. The van der Waals surface area contributed by atoms with Crippen molar-refractivity contribution in [1.29, 1.82) is 0 Å². The molecule has 0 amide bonds. The molecule has 0 saturated heterocycles. The Morgan fingerprint density at radius 1 is 0.950 bits per heavy atom. The zero-order valence-electron chi connectivity index (χ0n) is 9.75. The Bertz CT molecular complexity index is 800. The molecule has 0 fully saturated rings. The lowest BCUT2D eigenvalue weighted by atomic mass is 10.3. The molecular formula is C13H6F4N2S. The maximum absolute atomic E-state index is 13.5. The summed E-state index contributed by atoms with van der Waals surface area (Å²) in [6, 6.07) is 5.91. The molecule has 3 rings (SSSR count). The summed E-state index contributed by atoms with van der Waals surface area (Å²) in [5, 5.41) is 2.81.